The first kappa shape index (κ1) is 17.0. The Morgan fingerprint density at radius 2 is 1.96 bits per heavy atom. The third-order valence-corrected chi connectivity index (χ3v) is 3.95. The highest BCUT2D eigenvalue weighted by atomic mass is 16.6. The van der Waals surface area contributed by atoms with Crippen molar-refractivity contribution >= 4 is 11.8 Å². The second-order valence-electron chi connectivity index (χ2n) is 5.75. The average Bonchev–Trinajstić information content (AvgIpc) is 3.05. The molecule has 7 heteroatoms. The molecule has 0 bridgehead atoms. The van der Waals surface area contributed by atoms with Crippen molar-refractivity contribution in [3.63, 3.8) is 0 Å². The first-order valence-corrected chi connectivity index (χ1v) is 8.08. The van der Waals surface area contributed by atoms with E-state index in [0.29, 0.717) is 41.6 Å². The van der Waals surface area contributed by atoms with Gasteiger partial charge in [-0.3, -0.25) is 9.59 Å². The van der Waals surface area contributed by atoms with Crippen LogP contribution in [-0.4, -0.2) is 30.1 Å². The number of benzene rings is 1. The van der Waals surface area contributed by atoms with Crippen LogP contribution in [0.1, 0.15) is 47.6 Å². The number of carbonyl (C=O) groups excluding carboxylic acids is 2. The minimum Gasteiger partial charge on any atom is -0.486 e. The standard InChI is InChI=1S/C18H19NO6/c1-11(14-10-19-25-12(14)2)24-18(21)6-4-15(20)13-3-5-16-17(9-13)23-8-7-22-16/h3,5,9-11H,4,6-8H2,1-2H3/t11-/m0/s1. The van der Waals surface area contributed by atoms with Crippen LogP contribution in [0, 0.1) is 6.92 Å². The number of esters is 1. The fraction of sp³-hybridized carbons (Fsp3) is 0.389. The fourth-order valence-corrected chi connectivity index (χ4v) is 2.59. The van der Waals surface area contributed by atoms with Crippen LogP contribution < -0.4 is 9.47 Å². The van der Waals surface area contributed by atoms with Crippen LogP contribution in [0.5, 0.6) is 11.5 Å². The van der Waals surface area contributed by atoms with Crippen LogP contribution >= 0.6 is 0 Å². The number of fused-ring (bicyclic) bond motifs is 1. The van der Waals surface area contributed by atoms with E-state index in [1.807, 2.05) is 0 Å². The Bertz CT molecular complexity index is 782. The maximum atomic E-state index is 12.3. The quantitative estimate of drug-likeness (QED) is 0.587. The van der Waals surface area contributed by atoms with Gasteiger partial charge in [-0.05, 0) is 32.0 Å². The molecule has 0 radical (unpaired) electrons. The molecule has 0 unspecified atom stereocenters. The van der Waals surface area contributed by atoms with Crippen molar-refractivity contribution < 1.29 is 28.3 Å². The van der Waals surface area contributed by atoms with Gasteiger partial charge in [-0.15, -0.1) is 0 Å². The summed E-state index contributed by atoms with van der Waals surface area (Å²) in [6.45, 7) is 4.44. The highest BCUT2D eigenvalue weighted by Gasteiger charge is 2.19. The van der Waals surface area contributed by atoms with Crippen molar-refractivity contribution in [1.82, 2.24) is 5.16 Å². The van der Waals surface area contributed by atoms with Crippen LogP contribution in [0.2, 0.25) is 0 Å². The topological polar surface area (TPSA) is 87.9 Å². The SMILES string of the molecule is Cc1oncc1[C@H](C)OC(=O)CCC(=O)c1ccc2c(c1)OCCO2. The summed E-state index contributed by atoms with van der Waals surface area (Å²) >= 11 is 0. The van der Waals surface area contributed by atoms with Gasteiger partial charge >= 0.3 is 5.97 Å². The summed E-state index contributed by atoms with van der Waals surface area (Å²) in [7, 11) is 0. The number of carbonyl (C=O) groups is 2. The van der Waals surface area contributed by atoms with E-state index in [2.05, 4.69) is 5.16 Å². The average molecular weight is 345 g/mol. The van der Waals surface area contributed by atoms with Crippen molar-refractivity contribution in [3.8, 4) is 11.5 Å². The summed E-state index contributed by atoms with van der Waals surface area (Å²) in [6.07, 6.45) is 1.12. The van der Waals surface area contributed by atoms with Crippen LogP contribution in [0.25, 0.3) is 0 Å². The van der Waals surface area contributed by atoms with Crippen molar-refractivity contribution in [3.05, 3.63) is 41.3 Å². The van der Waals surface area contributed by atoms with Crippen LogP contribution in [0.4, 0.5) is 0 Å². The molecule has 132 valence electrons. The molecule has 1 aromatic heterocycles. The summed E-state index contributed by atoms with van der Waals surface area (Å²) in [5, 5.41) is 3.66. The summed E-state index contributed by atoms with van der Waals surface area (Å²) in [6, 6.07) is 5.02. The Balaban J connectivity index is 1.53. The molecule has 25 heavy (non-hydrogen) atoms. The molecule has 7 nitrogen and oxygen atoms in total. The van der Waals surface area contributed by atoms with E-state index in [1.54, 1.807) is 32.0 Å². The number of ketones is 1. The zero-order valence-corrected chi connectivity index (χ0v) is 14.1. The third-order valence-electron chi connectivity index (χ3n) is 3.95. The van der Waals surface area contributed by atoms with Gasteiger partial charge in [-0.1, -0.05) is 5.16 Å². The number of Topliss-reactive ketones (excluding diaryl/α,β-unsaturated/α-hetero) is 1. The zero-order valence-electron chi connectivity index (χ0n) is 14.1. The minimum absolute atomic E-state index is 0.00193. The molecule has 0 saturated carbocycles. The molecule has 0 amide bonds. The smallest absolute Gasteiger partial charge is 0.306 e. The number of aromatic nitrogens is 1. The van der Waals surface area contributed by atoms with Gasteiger partial charge in [0.1, 0.15) is 25.1 Å². The van der Waals surface area contributed by atoms with Gasteiger partial charge in [0, 0.05) is 12.0 Å². The highest BCUT2D eigenvalue weighted by molar-refractivity contribution is 5.98. The van der Waals surface area contributed by atoms with Gasteiger partial charge in [0.2, 0.25) is 0 Å². The number of nitrogens with zero attached hydrogens (tertiary/aromatic N) is 1. The number of rotatable bonds is 6. The van der Waals surface area contributed by atoms with Crippen molar-refractivity contribution in [2.75, 3.05) is 13.2 Å². The Morgan fingerprint density at radius 3 is 2.68 bits per heavy atom. The lowest BCUT2D eigenvalue weighted by Gasteiger charge is -2.18. The van der Waals surface area contributed by atoms with Crippen molar-refractivity contribution in [2.45, 2.75) is 32.8 Å². The molecule has 0 spiro atoms. The van der Waals surface area contributed by atoms with Crippen molar-refractivity contribution in [2.24, 2.45) is 0 Å². The molecule has 0 N–H and O–H groups in total. The molecule has 1 atom stereocenters. The largest absolute Gasteiger partial charge is 0.486 e. The molecule has 0 fully saturated rings. The molecule has 1 aliphatic heterocycles. The van der Waals surface area contributed by atoms with Gasteiger partial charge in [-0.2, -0.15) is 0 Å². The molecular weight excluding hydrogens is 326 g/mol. The second-order valence-corrected chi connectivity index (χ2v) is 5.75. The predicted octanol–water partition coefficient (Wildman–Crippen LogP) is 3.02. The van der Waals surface area contributed by atoms with Crippen LogP contribution in [0.3, 0.4) is 0 Å². The van der Waals surface area contributed by atoms with Gasteiger partial charge in [0.05, 0.1) is 18.2 Å². The molecule has 2 aromatic rings. The van der Waals surface area contributed by atoms with E-state index in [0.717, 1.165) is 0 Å². The van der Waals surface area contributed by atoms with E-state index in [-0.39, 0.29) is 18.6 Å². The number of aryl methyl sites for hydroxylation is 1. The first-order chi connectivity index (χ1) is 12.0. The second kappa shape index (κ2) is 7.38. The normalized spacial score (nSPS) is 14.0. The molecular formula is C18H19NO6. The lowest BCUT2D eigenvalue weighted by Crippen LogP contribution is -2.16. The zero-order chi connectivity index (χ0) is 17.8. The van der Waals surface area contributed by atoms with E-state index >= 15 is 0 Å². The lowest BCUT2D eigenvalue weighted by molar-refractivity contribution is -0.148. The van der Waals surface area contributed by atoms with E-state index in [9.17, 15) is 9.59 Å². The van der Waals surface area contributed by atoms with E-state index < -0.39 is 12.1 Å². The summed E-state index contributed by atoms with van der Waals surface area (Å²) in [5.74, 6) is 1.19. The predicted molar refractivity (Wildman–Crippen MR) is 86.7 cm³/mol. The fourth-order valence-electron chi connectivity index (χ4n) is 2.59. The Kier molecular flexibility index (Phi) is 5.02. The van der Waals surface area contributed by atoms with Gasteiger partial charge in [0.25, 0.3) is 0 Å². The molecule has 3 rings (SSSR count). The third kappa shape index (κ3) is 3.99. The van der Waals surface area contributed by atoms with E-state index in [1.165, 1.54) is 6.20 Å². The first-order valence-electron chi connectivity index (χ1n) is 8.08. The molecule has 0 aliphatic carbocycles. The summed E-state index contributed by atoms with van der Waals surface area (Å²) in [4.78, 5) is 24.2. The summed E-state index contributed by atoms with van der Waals surface area (Å²) in [5.41, 5.74) is 1.20. The Morgan fingerprint density at radius 1 is 1.20 bits per heavy atom. The summed E-state index contributed by atoms with van der Waals surface area (Å²) < 4.78 is 21.2. The molecule has 1 aromatic carbocycles. The van der Waals surface area contributed by atoms with Gasteiger partial charge < -0.3 is 18.7 Å². The van der Waals surface area contributed by atoms with Gasteiger partial charge in [0.15, 0.2) is 17.3 Å². The number of ether oxygens (including phenoxy) is 3. The van der Waals surface area contributed by atoms with Crippen LogP contribution in [0.15, 0.2) is 28.9 Å². The molecule has 2 heterocycles. The van der Waals surface area contributed by atoms with E-state index in [4.69, 9.17) is 18.7 Å². The number of hydrogen-bond acceptors (Lipinski definition) is 7. The lowest BCUT2D eigenvalue weighted by atomic mass is 10.1. The Hall–Kier alpha value is -2.83. The Labute approximate surface area is 144 Å². The van der Waals surface area contributed by atoms with Crippen molar-refractivity contribution in [1.29, 1.82) is 0 Å². The monoisotopic (exact) mass is 345 g/mol. The maximum Gasteiger partial charge on any atom is 0.306 e. The molecule has 1 aliphatic rings. The van der Waals surface area contributed by atoms with Gasteiger partial charge in [-0.25, -0.2) is 0 Å². The molecule has 0 saturated heterocycles. The highest BCUT2D eigenvalue weighted by Crippen LogP contribution is 2.31. The number of hydrogen-bond donors (Lipinski definition) is 0. The minimum atomic E-state index is -0.469. The van der Waals surface area contributed by atoms with Crippen LogP contribution in [-0.2, 0) is 9.53 Å². The maximum absolute atomic E-state index is 12.3.